The molecule has 3 aliphatic rings. The summed E-state index contributed by atoms with van der Waals surface area (Å²) in [5, 5.41) is 0. The number of likely N-dealkylation sites (tertiary alicyclic amines) is 1. The molecule has 3 saturated heterocycles. The van der Waals surface area contributed by atoms with Gasteiger partial charge in [-0.2, -0.15) is 0 Å². The van der Waals surface area contributed by atoms with Gasteiger partial charge in [-0.15, -0.1) is 0 Å². The van der Waals surface area contributed by atoms with Gasteiger partial charge in [0.1, 0.15) is 5.69 Å². The maximum atomic E-state index is 12.5. The van der Waals surface area contributed by atoms with Crippen LogP contribution < -0.4 is 0 Å². The van der Waals surface area contributed by atoms with Gasteiger partial charge >= 0.3 is 0 Å². The summed E-state index contributed by atoms with van der Waals surface area (Å²) in [7, 11) is 0. The maximum absolute atomic E-state index is 12.5. The van der Waals surface area contributed by atoms with Crippen LogP contribution in [0.3, 0.4) is 0 Å². The normalized spacial score (nSPS) is 32.4. The van der Waals surface area contributed by atoms with Crippen LogP contribution in [0.2, 0.25) is 0 Å². The zero-order valence-corrected chi connectivity index (χ0v) is 12.7. The molecule has 3 aliphatic heterocycles. The summed E-state index contributed by atoms with van der Waals surface area (Å²) in [5.74, 6) is 0.0695. The SMILES string of the molecule is O=C(c1ccc[nH]1)N1C[C@@H]2OCCN(CC3CCCO3)[C@@H]2C1. The Balaban J connectivity index is 1.42. The average Bonchev–Trinajstić information content (AvgIpc) is 3.28. The van der Waals surface area contributed by atoms with E-state index in [9.17, 15) is 4.79 Å². The molecule has 0 radical (unpaired) electrons. The van der Waals surface area contributed by atoms with Gasteiger partial charge in [-0.25, -0.2) is 0 Å². The fourth-order valence-electron chi connectivity index (χ4n) is 3.83. The molecule has 22 heavy (non-hydrogen) atoms. The van der Waals surface area contributed by atoms with E-state index in [0.717, 1.165) is 39.3 Å². The first-order valence-electron chi connectivity index (χ1n) is 8.21. The monoisotopic (exact) mass is 305 g/mol. The van der Waals surface area contributed by atoms with Gasteiger partial charge in [0.25, 0.3) is 5.91 Å². The summed E-state index contributed by atoms with van der Waals surface area (Å²) in [6, 6.07) is 3.99. The lowest BCUT2D eigenvalue weighted by molar-refractivity contribution is -0.0614. The first kappa shape index (κ1) is 14.2. The number of hydrogen-bond donors (Lipinski definition) is 1. The highest BCUT2D eigenvalue weighted by Crippen LogP contribution is 2.25. The highest BCUT2D eigenvalue weighted by Gasteiger charge is 2.42. The van der Waals surface area contributed by atoms with Crippen LogP contribution in [0.15, 0.2) is 18.3 Å². The molecule has 1 amide bonds. The van der Waals surface area contributed by atoms with Gasteiger partial charge in [-0.3, -0.25) is 9.69 Å². The van der Waals surface area contributed by atoms with Crippen molar-refractivity contribution in [2.24, 2.45) is 0 Å². The number of carbonyl (C=O) groups excluding carboxylic acids is 1. The van der Waals surface area contributed by atoms with E-state index in [1.807, 2.05) is 17.0 Å². The van der Waals surface area contributed by atoms with Crippen LogP contribution in [-0.2, 0) is 9.47 Å². The molecule has 6 nitrogen and oxygen atoms in total. The minimum atomic E-state index is 0.0695. The van der Waals surface area contributed by atoms with Crippen molar-refractivity contribution in [2.75, 3.05) is 39.4 Å². The lowest BCUT2D eigenvalue weighted by Gasteiger charge is -2.37. The number of hydrogen-bond acceptors (Lipinski definition) is 4. The Kier molecular flexibility index (Phi) is 3.90. The number of fused-ring (bicyclic) bond motifs is 1. The third kappa shape index (κ3) is 2.66. The topological polar surface area (TPSA) is 57.8 Å². The molecular weight excluding hydrogens is 282 g/mol. The second-order valence-electron chi connectivity index (χ2n) is 6.40. The van der Waals surface area contributed by atoms with Gasteiger partial charge < -0.3 is 19.4 Å². The van der Waals surface area contributed by atoms with Crippen molar-refractivity contribution >= 4 is 5.91 Å². The number of aromatic amines is 1. The van der Waals surface area contributed by atoms with Crippen LogP contribution in [0.1, 0.15) is 23.3 Å². The molecule has 1 aromatic heterocycles. The molecule has 1 N–H and O–H groups in total. The lowest BCUT2D eigenvalue weighted by atomic mass is 10.1. The number of morpholine rings is 1. The molecule has 0 aliphatic carbocycles. The molecule has 1 unspecified atom stereocenters. The standard InChI is InChI=1S/C16H23N3O3/c20-16(13-4-1-5-17-13)19-10-14-15(11-19)22-8-6-18(14)9-12-3-2-7-21-12/h1,4-5,12,14-15,17H,2-3,6-11H2/t12?,14-,15+/m1/s1. The Bertz CT molecular complexity index is 513. The third-order valence-electron chi connectivity index (χ3n) is 4.99. The number of amides is 1. The van der Waals surface area contributed by atoms with Crippen LogP contribution in [-0.4, -0.2) is 78.3 Å². The van der Waals surface area contributed by atoms with Gasteiger partial charge in [-0.05, 0) is 25.0 Å². The lowest BCUT2D eigenvalue weighted by Crippen LogP contribution is -2.52. The Morgan fingerprint density at radius 1 is 1.32 bits per heavy atom. The predicted octanol–water partition coefficient (Wildman–Crippen LogP) is 0.719. The summed E-state index contributed by atoms with van der Waals surface area (Å²) < 4.78 is 11.7. The van der Waals surface area contributed by atoms with Crippen molar-refractivity contribution in [1.82, 2.24) is 14.8 Å². The van der Waals surface area contributed by atoms with E-state index in [-0.39, 0.29) is 12.0 Å². The van der Waals surface area contributed by atoms with E-state index >= 15 is 0 Å². The van der Waals surface area contributed by atoms with Crippen molar-refractivity contribution in [3.8, 4) is 0 Å². The van der Waals surface area contributed by atoms with Gasteiger partial charge in [-0.1, -0.05) is 0 Å². The van der Waals surface area contributed by atoms with Gasteiger partial charge in [0.2, 0.25) is 0 Å². The van der Waals surface area contributed by atoms with Gasteiger partial charge in [0.15, 0.2) is 0 Å². The molecule has 120 valence electrons. The maximum Gasteiger partial charge on any atom is 0.270 e. The Morgan fingerprint density at radius 2 is 2.27 bits per heavy atom. The number of nitrogens with zero attached hydrogens (tertiary/aromatic N) is 2. The third-order valence-corrected chi connectivity index (χ3v) is 4.99. The van der Waals surface area contributed by atoms with Crippen molar-refractivity contribution in [1.29, 1.82) is 0 Å². The molecule has 6 heteroatoms. The molecular formula is C16H23N3O3. The second kappa shape index (κ2) is 6.02. The molecule has 1 aromatic rings. The van der Waals surface area contributed by atoms with Crippen molar-refractivity contribution in [3.63, 3.8) is 0 Å². The number of nitrogens with one attached hydrogen (secondary N) is 1. The van der Waals surface area contributed by atoms with E-state index in [4.69, 9.17) is 9.47 Å². The first-order valence-corrected chi connectivity index (χ1v) is 8.21. The molecule has 0 aromatic carbocycles. The predicted molar refractivity (Wildman–Crippen MR) is 80.8 cm³/mol. The highest BCUT2D eigenvalue weighted by atomic mass is 16.5. The summed E-state index contributed by atoms with van der Waals surface area (Å²) >= 11 is 0. The number of carbonyl (C=O) groups is 1. The van der Waals surface area contributed by atoms with E-state index < -0.39 is 0 Å². The molecule has 4 heterocycles. The summed E-state index contributed by atoms with van der Waals surface area (Å²) in [6.45, 7) is 4.97. The van der Waals surface area contributed by atoms with E-state index in [1.54, 1.807) is 6.20 Å². The Morgan fingerprint density at radius 3 is 3.05 bits per heavy atom. The molecule has 4 rings (SSSR count). The highest BCUT2D eigenvalue weighted by molar-refractivity contribution is 5.92. The molecule has 3 atom stereocenters. The zero-order valence-electron chi connectivity index (χ0n) is 12.7. The van der Waals surface area contributed by atoms with Crippen molar-refractivity contribution in [2.45, 2.75) is 31.1 Å². The summed E-state index contributed by atoms with van der Waals surface area (Å²) in [6.07, 6.45) is 4.60. The Labute approximate surface area is 130 Å². The van der Waals surface area contributed by atoms with E-state index in [1.165, 1.54) is 6.42 Å². The van der Waals surface area contributed by atoms with E-state index in [0.29, 0.717) is 24.4 Å². The number of H-pyrrole nitrogens is 1. The van der Waals surface area contributed by atoms with E-state index in [2.05, 4.69) is 9.88 Å². The van der Waals surface area contributed by atoms with Gasteiger partial charge in [0, 0.05) is 39.0 Å². The minimum absolute atomic E-state index is 0.0695. The van der Waals surface area contributed by atoms with Gasteiger partial charge in [0.05, 0.1) is 24.9 Å². The summed E-state index contributed by atoms with van der Waals surface area (Å²) in [5.41, 5.74) is 0.657. The minimum Gasteiger partial charge on any atom is -0.377 e. The van der Waals surface area contributed by atoms with Crippen LogP contribution in [0, 0.1) is 0 Å². The van der Waals surface area contributed by atoms with Crippen molar-refractivity contribution in [3.05, 3.63) is 24.0 Å². The number of ether oxygens (including phenoxy) is 2. The largest absolute Gasteiger partial charge is 0.377 e. The van der Waals surface area contributed by atoms with Crippen molar-refractivity contribution < 1.29 is 14.3 Å². The molecule has 0 spiro atoms. The molecule has 0 bridgehead atoms. The average molecular weight is 305 g/mol. The molecule has 0 saturated carbocycles. The Hall–Kier alpha value is -1.37. The zero-order chi connectivity index (χ0) is 14.9. The quantitative estimate of drug-likeness (QED) is 0.894. The van der Waals surface area contributed by atoms with Crippen LogP contribution in [0.4, 0.5) is 0 Å². The second-order valence-corrected chi connectivity index (χ2v) is 6.40. The first-order chi connectivity index (χ1) is 10.8. The number of aromatic nitrogens is 1. The van der Waals surface area contributed by atoms with Crippen LogP contribution in [0.25, 0.3) is 0 Å². The van der Waals surface area contributed by atoms with Crippen LogP contribution in [0.5, 0.6) is 0 Å². The fraction of sp³-hybridized carbons (Fsp3) is 0.688. The smallest absolute Gasteiger partial charge is 0.270 e. The van der Waals surface area contributed by atoms with Crippen LogP contribution >= 0.6 is 0 Å². The molecule has 3 fully saturated rings. The number of rotatable bonds is 3. The fourth-order valence-corrected chi connectivity index (χ4v) is 3.83. The summed E-state index contributed by atoms with van der Waals surface area (Å²) in [4.78, 5) is 19.9.